The van der Waals surface area contributed by atoms with E-state index in [4.69, 9.17) is 9.84 Å². The Morgan fingerprint density at radius 2 is 2.16 bits per heavy atom. The van der Waals surface area contributed by atoms with Crippen molar-refractivity contribution in [2.75, 3.05) is 31.7 Å². The second kappa shape index (κ2) is 7.50. The minimum absolute atomic E-state index is 0.278. The van der Waals surface area contributed by atoms with Gasteiger partial charge in [-0.2, -0.15) is 0 Å². The number of aromatic carboxylic acids is 1. The van der Waals surface area contributed by atoms with Crippen molar-refractivity contribution < 1.29 is 14.6 Å². The molecular weight excluding hydrogens is 310 g/mol. The molecule has 0 fully saturated rings. The summed E-state index contributed by atoms with van der Waals surface area (Å²) in [5.41, 5.74) is 1.28. The summed E-state index contributed by atoms with van der Waals surface area (Å²) >= 11 is 3.31. The van der Waals surface area contributed by atoms with Crippen molar-refractivity contribution in [3.8, 4) is 0 Å². The van der Waals surface area contributed by atoms with E-state index in [0.717, 1.165) is 18.8 Å². The molecule has 1 aromatic rings. The summed E-state index contributed by atoms with van der Waals surface area (Å²) in [6, 6.07) is 5.32. The summed E-state index contributed by atoms with van der Waals surface area (Å²) in [7, 11) is 1.68. The lowest BCUT2D eigenvalue weighted by Gasteiger charge is -2.26. The first-order chi connectivity index (χ1) is 8.95. The first kappa shape index (κ1) is 16.0. The lowest BCUT2D eigenvalue weighted by molar-refractivity contribution is 0.0696. The zero-order valence-electron chi connectivity index (χ0n) is 11.5. The van der Waals surface area contributed by atoms with Gasteiger partial charge in [0.15, 0.2) is 0 Å². The molecule has 1 N–H and O–H groups in total. The zero-order valence-corrected chi connectivity index (χ0v) is 13.1. The van der Waals surface area contributed by atoms with Crippen LogP contribution in [0.5, 0.6) is 0 Å². The Balaban J connectivity index is 2.95. The van der Waals surface area contributed by atoms with Gasteiger partial charge in [0, 0.05) is 30.4 Å². The van der Waals surface area contributed by atoms with Crippen LogP contribution in [0.15, 0.2) is 22.7 Å². The Labute approximate surface area is 122 Å². The maximum Gasteiger partial charge on any atom is 0.336 e. The summed E-state index contributed by atoms with van der Waals surface area (Å²) in [4.78, 5) is 13.2. The van der Waals surface area contributed by atoms with Gasteiger partial charge < -0.3 is 14.7 Å². The number of methoxy groups -OCH3 is 1. The number of carbonyl (C=O) groups is 1. The molecule has 0 heterocycles. The average Bonchev–Trinajstić information content (AvgIpc) is 2.33. The first-order valence-corrected chi connectivity index (χ1v) is 7.01. The van der Waals surface area contributed by atoms with Crippen LogP contribution in [0.4, 0.5) is 5.69 Å². The highest BCUT2D eigenvalue weighted by Crippen LogP contribution is 2.25. The average molecular weight is 330 g/mol. The highest BCUT2D eigenvalue weighted by Gasteiger charge is 2.13. The van der Waals surface area contributed by atoms with Crippen molar-refractivity contribution in [2.24, 2.45) is 5.92 Å². The molecule has 1 aromatic carbocycles. The fraction of sp³-hybridized carbons (Fsp3) is 0.500. The van der Waals surface area contributed by atoms with Crippen molar-refractivity contribution >= 4 is 27.6 Å². The van der Waals surface area contributed by atoms with Gasteiger partial charge >= 0.3 is 5.97 Å². The molecule has 4 nitrogen and oxygen atoms in total. The number of carboxylic acids is 1. The van der Waals surface area contributed by atoms with Crippen LogP contribution in [-0.4, -0.2) is 37.9 Å². The summed E-state index contributed by atoms with van der Waals surface area (Å²) in [6.07, 6.45) is 0. The van der Waals surface area contributed by atoms with Gasteiger partial charge in [0.2, 0.25) is 0 Å². The van der Waals surface area contributed by atoms with Gasteiger partial charge in [-0.1, -0.05) is 13.8 Å². The predicted octanol–water partition coefficient (Wildman–Crippen LogP) is 3.26. The predicted molar refractivity (Wildman–Crippen MR) is 80.0 cm³/mol. The van der Waals surface area contributed by atoms with Crippen molar-refractivity contribution in [1.82, 2.24) is 0 Å². The lowest BCUT2D eigenvalue weighted by Crippen LogP contribution is -2.31. The molecule has 0 bridgehead atoms. The van der Waals surface area contributed by atoms with Crippen molar-refractivity contribution in [3.05, 3.63) is 28.2 Å². The van der Waals surface area contributed by atoms with Crippen LogP contribution in [0.25, 0.3) is 0 Å². The minimum atomic E-state index is -0.925. The summed E-state index contributed by atoms with van der Waals surface area (Å²) in [5.74, 6) is -0.402. The highest BCUT2D eigenvalue weighted by molar-refractivity contribution is 9.10. The molecule has 0 amide bonds. The molecule has 0 aromatic heterocycles. The van der Waals surface area contributed by atoms with Crippen LogP contribution in [0.1, 0.15) is 24.2 Å². The Hall–Kier alpha value is -1.07. The normalized spacial score (nSPS) is 10.8. The summed E-state index contributed by atoms with van der Waals surface area (Å²) in [6.45, 7) is 6.64. The second-order valence-corrected chi connectivity index (χ2v) is 5.66. The Bertz CT molecular complexity index is 435. The smallest absolute Gasteiger partial charge is 0.336 e. The fourth-order valence-electron chi connectivity index (χ4n) is 1.84. The van der Waals surface area contributed by atoms with Gasteiger partial charge in [0.05, 0.1) is 12.2 Å². The van der Waals surface area contributed by atoms with Gasteiger partial charge in [0.1, 0.15) is 0 Å². The molecule has 0 atom stereocenters. The second-order valence-electron chi connectivity index (χ2n) is 4.80. The first-order valence-electron chi connectivity index (χ1n) is 6.22. The van der Waals surface area contributed by atoms with Crippen LogP contribution in [0.2, 0.25) is 0 Å². The molecule has 0 aliphatic heterocycles. The lowest BCUT2D eigenvalue weighted by atomic mass is 10.1. The molecule has 0 spiro atoms. The van der Waals surface area contributed by atoms with E-state index in [2.05, 4.69) is 34.7 Å². The number of hydrogen-bond acceptors (Lipinski definition) is 3. The van der Waals surface area contributed by atoms with Gasteiger partial charge in [-0.25, -0.2) is 4.79 Å². The monoisotopic (exact) mass is 329 g/mol. The summed E-state index contributed by atoms with van der Waals surface area (Å²) < 4.78 is 5.72. The van der Waals surface area contributed by atoms with E-state index >= 15 is 0 Å². The number of halogens is 1. The van der Waals surface area contributed by atoms with Crippen molar-refractivity contribution in [1.29, 1.82) is 0 Å². The Morgan fingerprint density at radius 3 is 2.63 bits per heavy atom. The molecule has 0 saturated heterocycles. The van der Waals surface area contributed by atoms with E-state index in [-0.39, 0.29) is 5.56 Å². The molecular formula is C14H20BrNO3. The van der Waals surface area contributed by atoms with Crippen LogP contribution in [0.3, 0.4) is 0 Å². The van der Waals surface area contributed by atoms with Crippen molar-refractivity contribution in [2.45, 2.75) is 13.8 Å². The van der Waals surface area contributed by atoms with E-state index in [1.165, 1.54) is 0 Å². The Kier molecular flexibility index (Phi) is 6.31. The third-order valence-corrected chi connectivity index (χ3v) is 3.36. The number of ether oxygens (including phenoxy) is 1. The van der Waals surface area contributed by atoms with Gasteiger partial charge in [-0.3, -0.25) is 0 Å². The van der Waals surface area contributed by atoms with Gasteiger partial charge in [0.25, 0.3) is 0 Å². The molecule has 106 valence electrons. The third-order valence-electron chi connectivity index (χ3n) is 2.70. The number of rotatable bonds is 7. The summed E-state index contributed by atoms with van der Waals surface area (Å²) in [5, 5.41) is 9.02. The molecule has 5 heteroatoms. The number of anilines is 1. The fourth-order valence-corrected chi connectivity index (χ4v) is 2.38. The van der Waals surface area contributed by atoms with E-state index < -0.39 is 5.97 Å². The number of hydrogen-bond donors (Lipinski definition) is 1. The largest absolute Gasteiger partial charge is 0.478 e. The molecule has 0 aliphatic carbocycles. The third kappa shape index (κ3) is 4.84. The maximum absolute atomic E-state index is 11.0. The number of benzene rings is 1. The number of nitrogens with zero attached hydrogens (tertiary/aromatic N) is 1. The molecule has 1 rings (SSSR count). The highest BCUT2D eigenvalue weighted by atomic mass is 79.9. The number of carboxylic acid groups (broad SMARTS) is 1. The Morgan fingerprint density at radius 1 is 1.47 bits per heavy atom. The van der Waals surface area contributed by atoms with Gasteiger partial charge in [-0.15, -0.1) is 0 Å². The minimum Gasteiger partial charge on any atom is -0.478 e. The standard InChI is InChI=1S/C14H20BrNO3/c1-10(2)9-16(6-7-19-3)11-4-5-12(14(17)18)13(15)8-11/h4-5,8,10H,6-7,9H2,1-3H3,(H,17,18). The van der Waals surface area contributed by atoms with E-state index in [1.54, 1.807) is 13.2 Å². The topological polar surface area (TPSA) is 49.8 Å². The quantitative estimate of drug-likeness (QED) is 0.834. The van der Waals surface area contributed by atoms with Gasteiger partial charge in [-0.05, 0) is 40.0 Å². The van der Waals surface area contributed by atoms with E-state index in [9.17, 15) is 4.79 Å². The SMILES string of the molecule is COCCN(CC(C)C)c1ccc(C(=O)O)c(Br)c1. The van der Waals surface area contributed by atoms with Crippen LogP contribution in [0, 0.1) is 5.92 Å². The molecule has 0 aliphatic rings. The van der Waals surface area contributed by atoms with Crippen LogP contribution in [-0.2, 0) is 4.74 Å². The van der Waals surface area contributed by atoms with E-state index in [1.807, 2.05) is 12.1 Å². The van der Waals surface area contributed by atoms with Crippen molar-refractivity contribution in [3.63, 3.8) is 0 Å². The molecule has 0 radical (unpaired) electrons. The van der Waals surface area contributed by atoms with Crippen LogP contribution >= 0.6 is 15.9 Å². The molecule has 0 unspecified atom stereocenters. The molecule has 0 saturated carbocycles. The van der Waals surface area contributed by atoms with Crippen LogP contribution < -0.4 is 4.90 Å². The van der Waals surface area contributed by atoms with E-state index in [0.29, 0.717) is 17.0 Å². The zero-order chi connectivity index (χ0) is 14.4. The molecule has 19 heavy (non-hydrogen) atoms. The maximum atomic E-state index is 11.0.